The minimum atomic E-state index is -0.665. The highest BCUT2D eigenvalue weighted by molar-refractivity contribution is 6.30. The van der Waals surface area contributed by atoms with Gasteiger partial charge < -0.3 is 16.4 Å². The molecule has 1 aliphatic rings. The van der Waals surface area contributed by atoms with Crippen molar-refractivity contribution in [1.82, 2.24) is 14.9 Å². The van der Waals surface area contributed by atoms with Crippen molar-refractivity contribution in [2.75, 3.05) is 5.32 Å². The van der Waals surface area contributed by atoms with Gasteiger partial charge in [-0.15, -0.1) is 0 Å². The minimum absolute atomic E-state index is 0.00122. The molecule has 2 aromatic rings. The average Bonchev–Trinajstić information content (AvgIpc) is 3.12. The van der Waals surface area contributed by atoms with Gasteiger partial charge in [0.15, 0.2) is 11.0 Å². The lowest BCUT2D eigenvalue weighted by atomic mass is 9.77. The van der Waals surface area contributed by atoms with E-state index in [-0.39, 0.29) is 39.7 Å². The standard InChI is InChI=1S/C23H31ClN6O2/c1-5-23(6-2)11-16(21(31)27-12-14-7-9-15(10-8-14)19(25)26)30-17(23)18(24)29-20(22(30)32)28-13(3)4/h7-10,13,16H,5-6,11-12H2,1-4H3,(H3,25,26)(H,27,31)(H,28,29)/t16-/m0/s1. The summed E-state index contributed by atoms with van der Waals surface area (Å²) in [5.74, 6) is -0.0748. The smallest absolute Gasteiger partial charge is 0.294 e. The summed E-state index contributed by atoms with van der Waals surface area (Å²) in [5, 5.41) is 13.8. The van der Waals surface area contributed by atoms with Gasteiger partial charge in [-0.1, -0.05) is 49.7 Å². The number of benzene rings is 1. The Balaban J connectivity index is 1.94. The number of carbonyl (C=O) groups is 1. The van der Waals surface area contributed by atoms with Gasteiger partial charge in [-0.3, -0.25) is 19.6 Å². The zero-order valence-corrected chi connectivity index (χ0v) is 19.7. The van der Waals surface area contributed by atoms with Gasteiger partial charge in [0.1, 0.15) is 11.9 Å². The number of aromatic nitrogens is 2. The third-order valence-electron chi connectivity index (χ3n) is 6.28. The summed E-state index contributed by atoms with van der Waals surface area (Å²) >= 11 is 6.59. The molecule has 0 saturated carbocycles. The lowest BCUT2D eigenvalue weighted by Gasteiger charge is -2.27. The first kappa shape index (κ1) is 23.8. The third-order valence-corrected chi connectivity index (χ3v) is 6.54. The summed E-state index contributed by atoms with van der Waals surface area (Å²) in [6, 6.07) is 6.46. The number of fused-ring (bicyclic) bond motifs is 1. The fourth-order valence-electron chi connectivity index (χ4n) is 4.40. The molecule has 32 heavy (non-hydrogen) atoms. The van der Waals surface area contributed by atoms with Gasteiger partial charge in [0.05, 0.1) is 5.69 Å². The highest BCUT2D eigenvalue weighted by Crippen LogP contribution is 2.47. The normalized spacial score (nSPS) is 16.6. The molecule has 1 aliphatic heterocycles. The molecular formula is C23H31ClN6O2. The number of rotatable bonds is 8. The molecule has 0 bridgehead atoms. The van der Waals surface area contributed by atoms with Crippen LogP contribution >= 0.6 is 11.6 Å². The molecule has 0 radical (unpaired) electrons. The van der Waals surface area contributed by atoms with E-state index in [2.05, 4.69) is 15.6 Å². The summed E-state index contributed by atoms with van der Waals surface area (Å²) < 4.78 is 1.54. The number of halogens is 1. The van der Waals surface area contributed by atoms with Gasteiger partial charge in [-0.25, -0.2) is 4.98 Å². The zero-order chi connectivity index (χ0) is 23.6. The van der Waals surface area contributed by atoms with E-state index in [9.17, 15) is 9.59 Å². The van der Waals surface area contributed by atoms with Crippen LogP contribution in [0, 0.1) is 5.41 Å². The van der Waals surface area contributed by atoms with Crippen molar-refractivity contribution < 1.29 is 4.79 Å². The van der Waals surface area contributed by atoms with Crippen molar-refractivity contribution in [3.05, 3.63) is 56.6 Å². The largest absolute Gasteiger partial charge is 0.384 e. The fourth-order valence-corrected chi connectivity index (χ4v) is 4.78. The van der Waals surface area contributed by atoms with Gasteiger partial charge in [0, 0.05) is 23.6 Å². The van der Waals surface area contributed by atoms with Gasteiger partial charge in [0.25, 0.3) is 5.56 Å². The Bertz CT molecular complexity index is 1070. The van der Waals surface area contributed by atoms with Crippen LogP contribution in [0.1, 0.15) is 69.8 Å². The second-order valence-corrected chi connectivity index (χ2v) is 8.97. The number of hydrogen-bond donors (Lipinski definition) is 4. The quantitative estimate of drug-likeness (QED) is 0.356. The molecule has 1 atom stereocenters. The summed E-state index contributed by atoms with van der Waals surface area (Å²) in [7, 11) is 0. The maximum absolute atomic E-state index is 13.3. The molecule has 172 valence electrons. The van der Waals surface area contributed by atoms with E-state index in [0.29, 0.717) is 24.2 Å². The lowest BCUT2D eigenvalue weighted by Crippen LogP contribution is -2.37. The predicted molar refractivity (Wildman–Crippen MR) is 127 cm³/mol. The molecule has 0 spiro atoms. The lowest BCUT2D eigenvalue weighted by molar-refractivity contribution is -0.124. The molecule has 9 heteroatoms. The number of hydrogen-bond acceptors (Lipinski definition) is 5. The molecule has 2 heterocycles. The van der Waals surface area contributed by atoms with Crippen LogP contribution in [0.3, 0.4) is 0 Å². The molecule has 8 nitrogen and oxygen atoms in total. The van der Waals surface area contributed by atoms with Crippen LogP contribution in [0.4, 0.5) is 5.82 Å². The van der Waals surface area contributed by atoms with E-state index in [4.69, 9.17) is 22.7 Å². The van der Waals surface area contributed by atoms with E-state index in [1.54, 1.807) is 16.7 Å². The summed E-state index contributed by atoms with van der Waals surface area (Å²) in [5.41, 5.74) is 6.93. The van der Waals surface area contributed by atoms with Gasteiger partial charge in [-0.2, -0.15) is 0 Å². The van der Waals surface area contributed by atoms with Gasteiger partial charge >= 0.3 is 0 Å². The molecule has 0 fully saturated rings. The van der Waals surface area contributed by atoms with E-state index in [0.717, 1.165) is 18.4 Å². The molecule has 1 aromatic heterocycles. The molecule has 1 amide bonds. The number of amides is 1. The summed E-state index contributed by atoms with van der Waals surface area (Å²) in [6.45, 7) is 8.23. The topological polar surface area (TPSA) is 126 Å². The van der Waals surface area contributed by atoms with Crippen molar-refractivity contribution >= 4 is 29.2 Å². The Morgan fingerprint density at radius 2 is 1.94 bits per heavy atom. The van der Waals surface area contributed by atoms with Crippen molar-refractivity contribution in [2.45, 2.75) is 71.0 Å². The molecule has 1 aromatic carbocycles. The molecule has 0 aliphatic carbocycles. The molecule has 0 unspecified atom stereocenters. The van der Waals surface area contributed by atoms with Crippen LogP contribution in [0.5, 0.6) is 0 Å². The Morgan fingerprint density at radius 3 is 2.47 bits per heavy atom. The third kappa shape index (κ3) is 4.37. The molecular weight excluding hydrogens is 428 g/mol. The number of nitrogens with zero attached hydrogens (tertiary/aromatic N) is 2. The monoisotopic (exact) mass is 458 g/mol. The molecule has 3 rings (SSSR count). The SMILES string of the molecule is CCC1(CC)C[C@@H](C(=O)NCc2ccc(C(=N)N)cc2)n2c1c(Cl)nc(NC(C)C)c2=O. The Hall–Kier alpha value is -2.87. The minimum Gasteiger partial charge on any atom is -0.384 e. The maximum atomic E-state index is 13.3. The summed E-state index contributed by atoms with van der Waals surface area (Å²) in [6.07, 6.45) is 1.99. The Morgan fingerprint density at radius 1 is 1.31 bits per heavy atom. The van der Waals surface area contributed by atoms with Crippen molar-refractivity contribution in [3.63, 3.8) is 0 Å². The van der Waals surface area contributed by atoms with Gasteiger partial charge in [0.2, 0.25) is 5.91 Å². The number of carbonyl (C=O) groups excluding carboxylic acids is 1. The first-order valence-corrected chi connectivity index (χ1v) is 11.3. The number of nitrogen functional groups attached to an aromatic ring is 1. The molecule has 5 N–H and O–H groups in total. The first-order chi connectivity index (χ1) is 15.1. The average molecular weight is 459 g/mol. The van der Waals surface area contributed by atoms with E-state index >= 15 is 0 Å². The predicted octanol–water partition coefficient (Wildman–Crippen LogP) is 3.32. The van der Waals surface area contributed by atoms with Crippen LogP contribution in [-0.4, -0.2) is 27.3 Å². The Kier molecular flexibility index (Phi) is 6.93. The van der Waals surface area contributed by atoms with E-state index in [1.807, 2.05) is 39.8 Å². The highest BCUT2D eigenvalue weighted by atomic mass is 35.5. The van der Waals surface area contributed by atoms with E-state index in [1.165, 1.54) is 0 Å². The van der Waals surface area contributed by atoms with Gasteiger partial charge in [-0.05, 0) is 38.7 Å². The zero-order valence-electron chi connectivity index (χ0n) is 19.0. The Labute approximate surface area is 193 Å². The van der Waals surface area contributed by atoms with Crippen LogP contribution in [0.15, 0.2) is 29.1 Å². The fraction of sp³-hybridized carbons (Fsp3) is 0.478. The maximum Gasteiger partial charge on any atom is 0.294 e. The van der Waals surface area contributed by atoms with Crippen LogP contribution < -0.4 is 21.9 Å². The number of nitrogens with two attached hydrogens (primary N) is 1. The summed E-state index contributed by atoms with van der Waals surface area (Å²) in [4.78, 5) is 30.9. The number of nitrogens with one attached hydrogen (secondary N) is 3. The van der Waals surface area contributed by atoms with Crippen LogP contribution in [-0.2, 0) is 16.8 Å². The van der Waals surface area contributed by atoms with Crippen LogP contribution in [0.2, 0.25) is 5.15 Å². The first-order valence-electron chi connectivity index (χ1n) is 10.9. The van der Waals surface area contributed by atoms with Crippen molar-refractivity contribution in [2.24, 2.45) is 5.73 Å². The second kappa shape index (κ2) is 9.32. The molecule has 0 saturated heterocycles. The van der Waals surface area contributed by atoms with Crippen LogP contribution in [0.25, 0.3) is 0 Å². The van der Waals surface area contributed by atoms with Crippen molar-refractivity contribution in [1.29, 1.82) is 5.41 Å². The number of amidine groups is 1. The highest BCUT2D eigenvalue weighted by Gasteiger charge is 2.47. The second-order valence-electron chi connectivity index (χ2n) is 8.61. The van der Waals surface area contributed by atoms with E-state index < -0.39 is 6.04 Å². The van der Waals surface area contributed by atoms with Crippen molar-refractivity contribution in [3.8, 4) is 0 Å². The number of anilines is 1.